The third-order valence-electron chi connectivity index (χ3n) is 3.19. The van der Waals surface area contributed by atoms with E-state index < -0.39 is 0 Å². The van der Waals surface area contributed by atoms with Gasteiger partial charge in [0.2, 0.25) is 5.13 Å². The number of nitrogens with zero attached hydrogens (tertiary/aromatic N) is 3. The van der Waals surface area contributed by atoms with Crippen LogP contribution in [0.4, 0.5) is 0 Å². The maximum Gasteiger partial charge on any atom is 0.211 e. The van der Waals surface area contributed by atoms with Crippen LogP contribution >= 0.6 is 22.9 Å². The van der Waals surface area contributed by atoms with Crippen LogP contribution in [0.5, 0.6) is 0 Å². The third kappa shape index (κ3) is 1.64. The van der Waals surface area contributed by atoms with Crippen LogP contribution in [0.15, 0.2) is 18.2 Å². The molecule has 0 spiro atoms. The fourth-order valence-electron chi connectivity index (χ4n) is 1.90. The second-order valence-electron chi connectivity index (χ2n) is 4.29. The van der Waals surface area contributed by atoms with Crippen molar-refractivity contribution in [2.24, 2.45) is 0 Å². The van der Waals surface area contributed by atoms with Gasteiger partial charge < -0.3 is 0 Å². The molecule has 0 aliphatic rings. The van der Waals surface area contributed by atoms with Gasteiger partial charge in [0.05, 0.1) is 15.4 Å². The molecule has 5 heteroatoms. The van der Waals surface area contributed by atoms with Crippen molar-refractivity contribution in [2.75, 3.05) is 0 Å². The standard InChI is InChI=1S/C13H12ClN3S/c1-7-8(2)16-17(9(7)3)13-15-12-10(14)5-4-6-11(12)18-13/h4-6H,1-3H3. The molecule has 0 bridgehead atoms. The number of aryl methyl sites for hydroxylation is 1. The number of benzene rings is 1. The highest BCUT2D eigenvalue weighted by molar-refractivity contribution is 7.20. The Morgan fingerprint density at radius 2 is 2.00 bits per heavy atom. The van der Waals surface area contributed by atoms with Crippen molar-refractivity contribution in [2.45, 2.75) is 20.8 Å². The molecule has 0 unspecified atom stereocenters. The van der Waals surface area contributed by atoms with Gasteiger partial charge in [0.15, 0.2) is 0 Å². The molecule has 0 radical (unpaired) electrons. The summed E-state index contributed by atoms with van der Waals surface area (Å²) in [7, 11) is 0. The predicted octanol–water partition coefficient (Wildman–Crippen LogP) is 4.06. The van der Waals surface area contributed by atoms with Gasteiger partial charge in [0.1, 0.15) is 5.52 Å². The van der Waals surface area contributed by atoms with Crippen molar-refractivity contribution in [1.29, 1.82) is 0 Å². The maximum absolute atomic E-state index is 6.15. The minimum Gasteiger partial charge on any atom is -0.217 e. The highest BCUT2D eigenvalue weighted by Gasteiger charge is 2.13. The molecular formula is C13H12ClN3S. The van der Waals surface area contributed by atoms with Gasteiger partial charge in [-0.25, -0.2) is 9.67 Å². The van der Waals surface area contributed by atoms with Crippen LogP contribution in [0.1, 0.15) is 17.0 Å². The minimum atomic E-state index is 0.688. The zero-order valence-electron chi connectivity index (χ0n) is 10.4. The number of para-hydroxylation sites is 1. The molecule has 0 aliphatic carbocycles. The maximum atomic E-state index is 6.15. The first-order chi connectivity index (χ1) is 8.58. The molecule has 0 atom stereocenters. The van der Waals surface area contributed by atoms with E-state index in [1.54, 1.807) is 11.3 Å². The van der Waals surface area contributed by atoms with E-state index in [0.717, 1.165) is 26.7 Å². The first-order valence-corrected chi connectivity index (χ1v) is 6.85. The zero-order valence-corrected chi connectivity index (χ0v) is 11.9. The van der Waals surface area contributed by atoms with Crippen molar-refractivity contribution >= 4 is 33.2 Å². The van der Waals surface area contributed by atoms with Crippen molar-refractivity contribution in [1.82, 2.24) is 14.8 Å². The Kier molecular flexibility index (Phi) is 2.64. The quantitative estimate of drug-likeness (QED) is 0.671. The number of halogens is 1. The molecule has 2 aromatic heterocycles. The van der Waals surface area contributed by atoms with Crippen LogP contribution in [0.2, 0.25) is 5.02 Å². The van der Waals surface area contributed by atoms with Crippen LogP contribution in [0.3, 0.4) is 0 Å². The number of fused-ring (bicyclic) bond motifs is 1. The monoisotopic (exact) mass is 277 g/mol. The van der Waals surface area contributed by atoms with E-state index in [2.05, 4.69) is 23.9 Å². The number of aromatic nitrogens is 3. The topological polar surface area (TPSA) is 30.7 Å². The van der Waals surface area contributed by atoms with E-state index in [4.69, 9.17) is 11.6 Å². The van der Waals surface area contributed by atoms with Crippen LogP contribution < -0.4 is 0 Å². The molecule has 3 nitrogen and oxygen atoms in total. The van der Waals surface area contributed by atoms with Crippen LogP contribution in [-0.4, -0.2) is 14.8 Å². The molecular weight excluding hydrogens is 266 g/mol. The third-order valence-corrected chi connectivity index (χ3v) is 4.49. The van der Waals surface area contributed by atoms with Crippen LogP contribution in [0, 0.1) is 20.8 Å². The highest BCUT2D eigenvalue weighted by Crippen LogP contribution is 2.30. The molecule has 18 heavy (non-hydrogen) atoms. The van der Waals surface area contributed by atoms with Gasteiger partial charge in [-0.3, -0.25) is 0 Å². The Morgan fingerprint density at radius 3 is 2.61 bits per heavy atom. The molecule has 0 saturated heterocycles. The van der Waals surface area contributed by atoms with E-state index >= 15 is 0 Å². The Balaban J connectivity index is 2.26. The normalized spacial score (nSPS) is 11.3. The molecule has 0 saturated carbocycles. The molecule has 0 N–H and O–H groups in total. The number of hydrogen-bond acceptors (Lipinski definition) is 3. The Labute approximate surface area is 114 Å². The molecule has 0 aliphatic heterocycles. The van der Waals surface area contributed by atoms with E-state index in [1.165, 1.54) is 5.56 Å². The van der Waals surface area contributed by atoms with Gasteiger partial charge in [-0.15, -0.1) is 0 Å². The van der Waals surface area contributed by atoms with Crippen LogP contribution in [0.25, 0.3) is 15.3 Å². The summed E-state index contributed by atoms with van der Waals surface area (Å²) in [6.07, 6.45) is 0. The van der Waals surface area contributed by atoms with E-state index in [9.17, 15) is 0 Å². The number of hydrogen-bond donors (Lipinski definition) is 0. The summed E-state index contributed by atoms with van der Waals surface area (Å²) in [4.78, 5) is 4.58. The summed E-state index contributed by atoms with van der Waals surface area (Å²) in [5.41, 5.74) is 4.23. The molecule has 0 fully saturated rings. The van der Waals surface area contributed by atoms with Crippen molar-refractivity contribution in [3.05, 3.63) is 40.2 Å². The first-order valence-electron chi connectivity index (χ1n) is 5.66. The first kappa shape index (κ1) is 11.7. The summed E-state index contributed by atoms with van der Waals surface area (Å²) in [5, 5.41) is 6.08. The summed E-state index contributed by atoms with van der Waals surface area (Å²) in [6, 6.07) is 5.83. The lowest BCUT2D eigenvalue weighted by atomic mass is 10.2. The van der Waals surface area contributed by atoms with E-state index in [1.807, 2.05) is 29.8 Å². The molecule has 0 amide bonds. The molecule has 3 rings (SSSR count). The summed E-state index contributed by atoms with van der Waals surface area (Å²) < 4.78 is 2.98. The highest BCUT2D eigenvalue weighted by atomic mass is 35.5. The predicted molar refractivity (Wildman–Crippen MR) is 76.0 cm³/mol. The smallest absolute Gasteiger partial charge is 0.211 e. The lowest BCUT2D eigenvalue weighted by molar-refractivity contribution is 0.827. The fourth-order valence-corrected chi connectivity index (χ4v) is 3.17. The summed E-state index contributed by atoms with van der Waals surface area (Å²) in [6.45, 7) is 6.15. The van der Waals surface area contributed by atoms with Gasteiger partial charge in [0, 0.05) is 5.69 Å². The molecule has 3 aromatic rings. The average molecular weight is 278 g/mol. The van der Waals surface area contributed by atoms with Gasteiger partial charge in [-0.05, 0) is 38.5 Å². The van der Waals surface area contributed by atoms with Crippen LogP contribution in [-0.2, 0) is 0 Å². The number of thiazole rings is 1. The SMILES string of the molecule is Cc1nn(-c2nc3c(Cl)cccc3s2)c(C)c1C. The Hall–Kier alpha value is -1.39. The number of rotatable bonds is 1. The fraction of sp³-hybridized carbons (Fsp3) is 0.231. The average Bonchev–Trinajstić information content (AvgIpc) is 2.88. The zero-order chi connectivity index (χ0) is 12.9. The lowest BCUT2D eigenvalue weighted by Gasteiger charge is -1.97. The minimum absolute atomic E-state index is 0.688. The molecule has 2 heterocycles. The van der Waals surface area contributed by atoms with Gasteiger partial charge >= 0.3 is 0 Å². The van der Waals surface area contributed by atoms with Crippen molar-refractivity contribution in [3.8, 4) is 5.13 Å². The second kappa shape index (κ2) is 4.07. The van der Waals surface area contributed by atoms with E-state index in [-0.39, 0.29) is 0 Å². The second-order valence-corrected chi connectivity index (χ2v) is 5.71. The largest absolute Gasteiger partial charge is 0.217 e. The Morgan fingerprint density at radius 1 is 1.22 bits per heavy atom. The molecule has 1 aromatic carbocycles. The lowest BCUT2D eigenvalue weighted by Crippen LogP contribution is -1.98. The Bertz CT molecular complexity index is 742. The van der Waals surface area contributed by atoms with Crippen molar-refractivity contribution < 1.29 is 0 Å². The van der Waals surface area contributed by atoms with Gasteiger partial charge in [0.25, 0.3) is 0 Å². The van der Waals surface area contributed by atoms with Gasteiger partial charge in [-0.2, -0.15) is 5.10 Å². The summed E-state index contributed by atoms with van der Waals surface area (Å²) in [5.74, 6) is 0. The summed E-state index contributed by atoms with van der Waals surface area (Å²) >= 11 is 7.75. The molecule has 92 valence electrons. The van der Waals surface area contributed by atoms with Gasteiger partial charge in [-0.1, -0.05) is 29.0 Å². The van der Waals surface area contributed by atoms with E-state index in [0.29, 0.717) is 5.02 Å². The van der Waals surface area contributed by atoms with Crippen molar-refractivity contribution in [3.63, 3.8) is 0 Å².